The molecule has 1 heterocycles. The van der Waals surface area contributed by atoms with Gasteiger partial charge in [0.1, 0.15) is 0 Å². The largest absolute Gasteiger partial charge is 0.385 e. The molecule has 2 aromatic rings. The molecule has 2 N–H and O–H groups in total. The number of anilines is 1. The maximum Gasteiger partial charge on any atom is 0.343 e. The van der Waals surface area contributed by atoms with Crippen molar-refractivity contribution in [2.45, 2.75) is 56.5 Å². The zero-order chi connectivity index (χ0) is 20.0. The standard InChI is InChI=1S/C19H28N4O3S/c1-13(27-18-22-21-17(25)23(18)11-6-12-26-5)16(24)20-15-9-7-14(8-10-15)19(2,3)4/h7-10,13H,6,11-12H2,1-5H3,(H,20,24)(H,21,25). The van der Waals surface area contributed by atoms with Crippen molar-refractivity contribution < 1.29 is 9.53 Å². The lowest BCUT2D eigenvalue weighted by Crippen LogP contribution is -2.24. The molecule has 0 aliphatic carbocycles. The Morgan fingerprint density at radius 2 is 2.00 bits per heavy atom. The van der Waals surface area contributed by atoms with E-state index in [-0.39, 0.29) is 17.0 Å². The number of aromatic amines is 1. The van der Waals surface area contributed by atoms with Crippen molar-refractivity contribution in [3.8, 4) is 0 Å². The van der Waals surface area contributed by atoms with Crippen molar-refractivity contribution in [3.05, 3.63) is 40.3 Å². The van der Waals surface area contributed by atoms with Gasteiger partial charge in [-0.3, -0.25) is 9.36 Å². The first-order valence-corrected chi connectivity index (χ1v) is 9.82. The van der Waals surface area contributed by atoms with Crippen LogP contribution in [0.4, 0.5) is 5.69 Å². The van der Waals surface area contributed by atoms with Crippen LogP contribution in [0.5, 0.6) is 0 Å². The van der Waals surface area contributed by atoms with E-state index in [0.717, 1.165) is 5.69 Å². The number of hydrogen-bond donors (Lipinski definition) is 2. The van der Waals surface area contributed by atoms with Gasteiger partial charge < -0.3 is 10.1 Å². The summed E-state index contributed by atoms with van der Waals surface area (Å²) in [4.78, 5) is 24.4. The van der Waals surface area contributed by atoms with E-state index in [9.17, 15) is 9.59 Å². The zero-order valence-corrected chi connectivity index (χ0v) is 17.4. The fourth-order valence-corrected chi connectivity index (χ4v) is 3.35. The Kier molecular flexibility index (Phi) is 7.26. The van der Waals surface area contributed by atoms with Crippen molar-refractivity contribution in [2.24, 2.45) is 0 Å². The van der Waals surface area contributed by atoms with Crippen LogP contribution in [0.3, 0.4) is 0 Å². The molecule has 1 atom stereocenters. The SMILES string of the molecule is COCCCn1c(SC(C)C(=O)Nc2ccc(C(C)(C)C)cc2)n[nH]c1=O. The highest BCUT2D eigenvalue weighted by Gasteiger charge is 2.19. The minimum absolute atomic E-state index is 0.0676. The third-order valence-electron chi connectivity index (χ3n) is 4.12. The van der Waals surface area contributed by atoms with Crippen molar-refractivity contribution >= 4 is 23.4 Å². The van der Waals surface area contributed by atoms with Crippen LogP contribution in [0, 0.1) is 0 Å². The molecule has 0 aliphatic rings. The predicted molar refractivity (Wildman–Crippen MR) is 108 cm³/mol. The number of nitrogens with one attached hydrogen (secondary N) is 2. The van der Waals surface area contributed by atoms with Crippen LogP contribution in [0.2, 0.25) is 0 Å². The first kappa shape index (κ1) is 21.2. The van der Waals surface area contributed by atoms with E-state index in [1.807, 2.05) is 24.3 Å². The van der Waals surface area contributed by atoms with Gasteiger partial charge in [0.2, 0.25) is 5.91 Å². The number of ether oxygens (including phenoxy) is 1. The van der Waals surface area contributed by atoms with Gasteiger partial charge in [0.05, 0.1) is 5.25 Å². The third-order valence-corrected chi connectivity index (χ3v) is 5.21. The predicted octanol–water partition coefficient (Wildman–Crippen LogP) is 3.02. The Morgan fingerprint density at radius 3 is 2.59 bits per heavy atom. The first-order valence-electron chi connectivity index (χ1n) is 8.94. The molecule has 1 aromatic heterocycles. The lowest BCUT2D eigenvalue weighted by Gasteiger charge is -2.19. The number of aromatic nitrogens is 3. The number of nitrogens with zero attached hydrogens (tertiary/aromatic N) is 2. The lowest BCUT2D eigenvalue weighted by molar-refractivity contribution is -0.115. The minimum Gasteiger partial charge on any atom is -0.385 e. The molecule has 148 valence electrons. The molecule has 0 fully saturated rings. The smallest absolute Gasteiger partial charge is 0.343 e. The summed E-state index contributed by atoms with van der Waals surface area (Å²) in [5.74, 6) is -0.137. The second-order valence-electron chi connectivity index (χ2n) is 7.39. The van der Waals surface area contributed by atoms with Crippen molar-refractivity contribution in [2.75, 3.05) is 19.0 Å². The highest BCUT2D eigenvalue weighted by atomic mass is 32.2. The number of methoxy groups -OCH3 is 1. The van der Waals surface area contributed by atoms with Crippen LogP contribution in [0.25, 0.3) is 0 Å². The number of amides is 1. The number of rotatable bonds is 8. The van der Waals surface area contributed by atoms with Gasteiger partial charge in [-0.25, -0.2) is 9.89 Å². The second-order valence-corrected chi connectivity index (χ2v) is 8.69. The molecule has 7 nitrogen and oxygen atoms in total. The Bertz CT molecular complexity index is 806. The number of H-pyrrole nitrogens is 1. The quantitative estimate of drug-likeness (QED) is 0.532. The molecule has 27 heavy (non-hydrogen) atoms. The molecular formula is C19H28N4O3S. The molecule has 0 bridgehead atoms. The normalized spacial score (nSPS) is 12.8. The van der Waals surface area contributed by atoms with E-state index in [2.05, 4.69) is 36.3 Å². The summed E-state index contributed by atoms with van der Waals surface area (Å²) in [5, 5.41) is 9.49. The molecular weight excluding hydrogens is 364 g/mol. The van der Waals surface area contributed by atoms with Crippen molar-refractivity contribution in [1.82, 2.24) is 14.8 Å². The summed E-state index contributed by atoms with van der Waals surface area (Å²) in [7, 11) is 1.62. The molecule has 0 saturated carbocycles. The van der Waals surface area contributed by atoms with Crippen LogP contribution in [-0.2, 0) is 21.5 Å². The molecule has 0 radical (unpaired) electrons. The second kappa shape index (κ2) is 9.23. The number of carbonyl (C=O) groups is 1. The van der Waals surface area contributed by atoms with Crippen LogP contribution in [-0.4, -0.2) is 39.6 Å². The minimum atomic E-state index is -0.399. The molecule has 0 spiro atoms. The fraction of sp³-hybridized carbons (Fsp3) is 0.526. The monoisotopic (exact) mass is 392 g/mol. The molecule has 0 saturated heterocycles. The number of hydrogen-bond acceptors (Lipinski definition) is 5. The Morgan fingerprint density at radius 1 is 1.33 bits per heavy atom. The first-order chi connectivity index (χ1) is 12.7. The number of thioether (sulfide) groups is 1. The van der Waals surface area contributed by atoms with E-state index in [1.54, 1.807) is 14.0 Å². The Hall–Kier alpha value is -2.06. The third kappa shape index (κ3) is 5.97. The van der Waals surface area contributed by atoms with Crippen LogP contribution >= 0.6 is 11.8 Å². The van der Waals surface area contributed by atoms with Gasteiger partial charge in [0, 0.05) is 25.9 Å². The fourth-order valence-electron chi connectivity index (χ4n) is 2.47. The van der Waals surface area contributed by atoms with Gasteiger partial charge >= 0.3 is 5.69 Å². The summed E-state index contributed by atoms with van der Waals surface area (Å²) in [6.07, 6.45) is 0.699. The topological polar surface area (TPSA) is 89.0 Å². The van der Waals surface area contributed by atoms with E-state index in [1.165, 1.54) is 21.9 Å². The van der Waals surface area contributed by atoms with Gasteiger partial charge in [0.25, 0.3) is 0 Å². The lowest BCUT2D eigenvalue weighted by atomic mass is 9.87. The van der Waals surface area contributed by atoms with Crippen molar-refractivity contribution in [3.63, 3.8) is 0 Å². The van der Waals surface area contributed by atoms with Gasteiger partial charge in [-0.05, 0) is 36.5 Å². The maximum atomic E-state index is 12.5. The zero-order valence-electron chi connectivity index (χ0n) is 16.5. The van der Waals surface area contributed by atoms with Gasteiger partial charge in [0.15, 0.2) is 5.16 Å². The molecule has 8 heteroatoms. The summed E-state index contributed by atoms with van der Waals surface area (Å²) in [6.45, 7) is 9.29. The van der Waals surface area contributed by atoms with Crippen LogP contribution in [0.1, 0.15) is 39.7 Å². The Labute approximate surface area is 163 Å². The highest BCUT2D eigenvalue weighted by Crippen LogP contribution is 2.25. The summed E-state index contributed by atoms with van der Waals surface area (Å²) in [6, 6.07) is 7.86. The van der Waals surface area contributed by atoms with Crippen molar-refractivity contribution in [1.29, 1.82) is 0 Å². The van der Waals surface area contributed by atoms with E-state index >= 15 is 0 Å². The highest BCUT2D eigenvalue weighted by molar-refractivity contribution is 8.00. The van der Waals surface area contributed by atoms with E-state index < -0.39 is 5.25 Å². The number of benzene rings is 1. The van der Waals surface area contributed by atoms with Crippen LogP contribution in [0.15, 0.2) is 34.2 Å². The summed E-state index contributed by atoms with van der Waals surface area (Å²) >= 11 is 1.25. The maximum absolute atomic E-state index is 12.5. The van der Waals surface area contributed by atoms with Gasteiger partial charge in [-0.2, -0.15) is 0 Å². The molecule has 1 aromatic carbocycles. The Balaban J connectivity index is 1.99. The molecule has 1 unspecified atom stereocenters. The summed E-state index contributed by atoms with van der Waals surface area (Å²) < 4.78 is 6.55. The summed E-state index contributed by atoms with van der Waals surface area (Å²) in [5.41, 5.74) is 1.75. The van der Waals surface area contributed by atoms with Gasteiger partial charge in [-0.1, -0.05) is 44.7 Å². The van der Waals surface area contributed by atoms with Gasteiger partial charge in [-0.15, -0.1) is 5.10 Å². The molecule has 1 amide bonds. The average Bonchev–Trinajstić information content (AvgIpc) is 2.95. The van der Waals surface area contributed by atoms with E-state index in [4.69, 9.17) is 4.74 Å². The van der Waals surface area contributed by atoms with E-state index in [0.29, 0.717) is 24.7 Å². The van der Waals surface area contributed by atoms with Crippen LogP contribution < -0.4 is 11.0 Å². The number of carbonyl (C=O) groups excluding carboxylic acids is 1. The molecule has 0 aliphatic heterocycles. The average molecular weight is 393 g/mol. The molecule has 2 rings (SSSR count).